The number of carbonyl (C=O) groups excluding carboxylic acids is 2. The Balaban J connectivity index is 2.01. The number of hydrogen-bond donors (Lipinski definition) is 1. The van der Waals surface area contributed by atoms with Gasteiger partial charge >= 0.3 is 0 Å². The summed E-state index contributed by atoms with van der Waals surface area (Å²) in [7, 11) is 0. The van der Waals surface area contributed by atoms with Crippen molar-refractivity contribution in [2.24, 2.45) is 0 Å². The summed E-state index contributed by atoms with van der Waals surface area (Å²) in [5.41, 5.74) is 0.870. The summed E-state index contributed by atoms with van der Waals surface area (Å²) in [6, 6.07) is 7.37. The number of benzene rings is 1. The number of likely N-dealkylation sites (tertiary alicyclic amines) is 1. The van der Waals surface area contributed by atoms with Gasteiger partial charge in [-0.3, -0.25) is 14.6 Å². The van der Waals surface area contributed by atoms with Crippen molar-refractivity contribution < 1.29 is 24.3 Å². The van der Waals surface area contributed by atoms with E-state index in [1.807, 2.05) is 6.92 Å². The molecule has 1 atom stereocenters. The van der Waals surface area contributed by atoms with E-state index in [2.05, 4.69) is 18.8 Å². The van der Waals surface area contributed by atoms with Crippen LogP contribution in [0.4, 0.5) is 0 Å². The van der Waals surface area contributed by atoms with Gasteiger partial charge < -0.3 is 19.6 Å². The quantitative estimate of drug-likeness (QED) is 0.323. The molecule has 0 saturated carbocycles. The van der Waals surface area contributed by atoms with Gasteiger partial charge in [0.15, 0.2) is 0 Å². The van der Waals surface area contributed by atoms with Gasteiger partial charge in [0.05, 0.1) is 37.3 Å². The molecule has 1 N–H and O–H groups in total. The molecule has 2 aromatic rings. The number of ether oxygens (including phenoxy) is 1. The number of rotatable bonds is 10. The number of aromatic nitrogens is 1. The van der Waals surface area contributed by atoms with Crippen molar-refractivity contribution in [1.82, 2.24) is 9.88 Å². The summed E-state index contributed by atoms with van der Waals surface area (Å²) in [5, 5.41) is 13.7. The highest BCUT2D eigenvalue weighted by Crippen LogP contribution is 2.39. The molecule has 1 aliphatic heterocycles. The Morgan fingerprint density at radius 3 is 2.45 bits per heavy atom. The van der Waals surface area contributed by atoms with Crippen molar-refractivity contribution in [3.05, 3.63) is 64.4 Å². The topological polar surface area (TPSA) is 87.0 Å². The van der Waals surface area contributed by atoms with Crippen molar-refractivity contribution >= 4 is 29.1 Å². The number of pyridine rings is 1. The van der Waals surface area contributed by atoms with Crippen molar-refractivity contribution in [3.63, 3.8) is 0 Å². The predicted octanol–water partition coefficient (Wildman–Crippen LogP) is 1.67. The Bertz CT molecular complexity index is 1020. The van der Waals surface area contributed by atoms with E-state index in [0.29, 0.717) is 24.5 Å². The highest BCUT2D eigenvalue weighted by molar-refractivity contribution is 6.46. The zero-order chi connectivity index (χ0) is 24.0. The Kier molecular flexibility index (Phi) is 8.47. The summed E-state index contributed by atoms with van der Waals surface area (Å²) in [6.07, 6.45) is 3.92. The molecule has 1 saturated heterocycles. The van der Waals surface area contributed by atoms with E-state index in [9.17, 15) is 14.7 Å². The second-order valence-corrected chi connectivity index (χ2v) is 8.30. The molecule has 1 fully saturated rings. The van der Waals surface area contributed by atoms with Gasteiger partial charge in [-0.1, -0.05) is 23.4 Å². The van der Waals surface area contributed by atoms with Crippen LogP contribution in [0.15, 0.2) is 48.3 Å². The van der Waals surface area contributed by atoms with Gasteiger partial charge in [0.1, 0.15) is 5.75 Å². The highest BCUT2D eigenvalue weighted by atomic mass is 35.5. The van der Waals surface area contributed by atoms with Crippen LogP contribution in [-0.2, 0) is 9.59 Å². The lowest BCUT2D eigenvalue weighted by molar-refractivity contribution is -0.896. The fourth-order valence-electron chi connectivity index (χ4n) is 4.17. The van der Waals surface area contributed by atoms with Crippen molar-refractivity contribution in [3.8, 4) is 5.75 Å². The largest absolute Gasteiger partial charge is 0.872 e. The molecule has 1 amide bonds. The maximum absolute atomic E-state index is 13.5. The van der Waals surface area contributed by atoms with Crippen LogP contribution in [0.3, 0.4) is 0 Å². The molecule has 0 aliphatic carbocycles. The van der Waals surface area contributed by atoms with E-state index in [0.717, 1.165) is 26.1 Å². The number of hydrogen-bond acceptors (Lipinski definition) is 5. The normalized spacial score (nSPS) is 17.7. The number of carbonyl (C=O) groups is 2. The van der Waals surface area contributed by atoms with E-state index < -0.39 is 23.5 Å². The molecule has 176 valence electrons. The lowest BCUT2D eigenvalue weighted by atomic mass is 9.96. The van der Waals surface area contributed by atoms with E-state index in [-0.39, 0.29) is 16.2 Å². The van der Waals surface area contributed by atoms with Gasteiger partial charge in [0.25, 0.3) is 5.91 Å². The van der Waals surface area contributed by atoms with Crippen molar-refractivity contribution in [1.29, 1.82) is 0 Å². The lowest BCUT2D eigenvalue weighted by Gasteiger charge is -2.28. The Hall–Kier alpha value is -2.90. The van der Waals surface area contributed by atoms with Crippen LogP contribution >= 0.6 is 11.6 Å². The lowest BCUT2D eigenvalue weighted by Crippen LogP contribution is -3.11. The molecule has 0 bridgehead atoms. The highest BCUT2D eigenvalue weighted by Gasteiger charge is 2.44. The minimum atomic E-state index is -0.762. The minimum absolute atomic E-state index is 0.0541. The number of quaternary nitrogens is 1. The van der Waals surface area contributed by atoms with E-state index in [1.54, 1.807) is 36.7 Å². The number of ketones is 1. The number of halogens is 1. The first-order valence-electron chi connectivity index (χ1n) is 11.3. The molecule has 0 radical (unpaired) electrons. The van der Waals surface area contributed by atoms with Crippen LogP contribution in [-0.4, -0.2) is 54.4 Å². The SMILES string of the molecule is CCOc1ccc(C([O-])=C2C(=O)C(=O)N(CCC[NH+](CC)CC)C2c2ccncc2)cc1Cl. The second-order valence-electron chi connectivity index (χ2n) is 7.89. The molecular formula is C25H30ClN3O4. The van der Waals surface area contributed by atoms with Crippen molar-refractivity contribution in [2.45, 2.75) is 33.2 Å². The van der Waals surface area contributed by atoms with Gasteiger partial charge in [-0.25, -0.2) is 0 Å². The molecule has 33 heavy (non-hydrogen) atoms. The molecular weight excluding hydrogens is 442 g/mol. The molecule has 2 heterocycles. The van der Waals surface area contributed by atoms with E-state index in [4.69, 9.17) is 16.3 Å². The van der Waals surface area contributed by atoms with Gasteiger partial charge in [-0.15, -0.1) is 0 Å². The fraction of sp³-hybridized carbons (Fsp3) is 0.400. The average Bonchev–Trinajstić information content (AvgIpc) is 3.08. The van der Waals surface area contributed by atoms with Gasteiger partial charge in [0, 0.05) is 30.9 Å². The Morgan fingerprint density at radius 2 is 1.85 bits per heavy atom. The summed E-state index contributed by atoms with van der Waals surface area (Å²) >= 11 is 6.27. The van der Waals surface area contributed by atoms with Crippen LogP contribution in [0.2, 0.25) is 5.02 Å². The summed E-state index contributed by atoms with van der Waals surface area (Å²) in [4.78, 5) is 33.0. The standard InChI is InChI=1S/C25H30ClN3O4/c1-4-28(5-2)14-7-15-29-22(17-10-12-27-13-11-17)21(24(31)25(29)32)23(30)18-8-9-20(33-6-3)19(26)16-18/h8-13,16,22,30H,4-7,14-15H2,1-3H3. The van der Waals surface area contributed by atoms with Crippen LogP contribution in [0.25, 0.3) is 5.76 Å². The maximum Gasteiger partial charge on any atom is 0.295 e. The molecule has 3 rings (SSSR count). The Labute approximate surface area is 199 Å². The van der Waals surface area contributed by atoms with Crippen LogP contribution in [0.5, 0.6) is 5.75 Å². The van der Waals surface area contributed by atoms with Crippen LogP contribution in [0.1, 0.15) is 44.4 Å². The molecule has 1 aromatic carbocycles. The van der Waals surface area contributed by atoms with E-state index >= 15 is 0 Å². The third-order valence-corrected chi connectivity index (χ3v) is 6.27. The third kappa shape index (κ3) is 5.37. The smallest absolute Gasteiger partial charge is 0.295 e. The summed E-state index contributed by atoms with van der Waals surface area (Å²) in [5.74, 6) is -1.45. The molecule has 7 nitrogen and oxygen atoms in total. The zero-order valence-corrected chi connectivity index (χ0v) is 20.0. The predicted molar refractivity (Wildman–Crippen MR) is 125 cm³/mol. The molecule has 1 aromatic heterocycles. The zero-order valence-electron chi connectivity index (χ0n) is 19.3. The van der Waals surface area contributed by atoms with Crippen LogP contribution in [0, 0.1) is 0 Å². The number of Topliss-reactive ketones (excluding diaryl/α,β-unsaturated/α-hetero) is 1. The number of nitrogens with zero attached hydrogens (tertiary/aromatic N) is 2. The first-order chi connectivity index (χ1) is 15.9. The Morgan fingerprint density at radius 1 is 1.15 bits per heavy atom. The van der Waals surface area contributed by atoms with Crippen LogP contribution < -0.4 is 14.7 Å². The molecule has 8 heteroatoms. The first kappa shape index (κ1) is 24.7. The van der Waals surface area contributed by atoms with E-state index in [1.165, 1.54) is 15.9 Å². The molecule has 1 unspecified atom stereocenters. The van der Waals surface area contributed by atoms with Crippen molar-refractivity contribution in [2.75, 3.05) is 32.8 Å². The minimum Gasteiger partial charge on any atom is -0.872 e. The van der Waals surface area contributed by atoms with Gasteiger partial charge in [-0.05, 0) is 56.2 Å². The third-order valence-electron chi connectivity index (χ3n) is 5.97. The number of amides is 1. The first-order valence-corrected chi connectivity index (χ1v) is 11.7. The molecule has 1 aliphatic rings. The average molecular weight is 472 g/mol. The van der Waals surface area contributed by atoms with Gasteiger partial charge in [0.2, 0.25) is 5.78 Å². The summed E-state index contributed by atoms with van der Waals surface area (Å²) in [6.45, 7) is 9.77. The number of nitrogens with one attached hydrogen (secondary N) is 1. The maximum atomic E-state index is 13.5. The fourth-order valence-corrected chi connectivity index (χ4v) is 4.40. The second kappa shape index (κ2) is 11.3. The monoisotopic (exact) mass is 471 g/mol. The van der Waals surface area contributed by atoms with Gasteiger partial charge in [-0.2, -0.15) is 0 Å². The molecule has 0 spiro atoms. The summed E-state index contributed by atoms with van der Waals surface area (Å²) < 4.78 is 5.44.